The highest BCUT2D eigenvalue weighted by atomic mass is 32.1. The van der Waals surface area contributed by atoms with Gasteiger partial charge in [-0.05, 0) is 32.0 Å². The predicted molar refractivity (Wildman–Crippen MR) is 95.0 cm³/mol. The molecular formula is C16H18F3N5O2S. The van der Waals surface area contributed by atoms with E-state index < -0.39 is 29.0 Å². The number of aromatic nitrogens is 2. The number of amides is 2. The van der Waals surface area contributed by atoms with Crippen LogP contribution in [0.15, 0.2) is 12.1 Å². The number of nitrogens with one attached hydrogen (secondary N) is 2. The highest BCUT2D eigenvalue weighted by Gasteiger charge is 2.18. The molecule has 2 N–H and O–H groups in total. The maximum atomic E-state index is 13.6. The van der Waals surface area contributed by atoms with Crippen molar-refractivity contribution in [3.05, 3.63) is 34.6 Å². The maximum Gasteiger partial charge on any atom is 0.240 e. The van der Waals surface area contributed by atoms with Crippen LogP contribution >= 0.6 is 11.3 Å². The molecule has 0 saturated carbocycles. The first-order valence-electron chi connectivity index (χ1n) is 8.05. The van der Waals surface area contributed by atoms with Crippen LogP contribution in [-0.4, -0.2) is 46.5 Å². The Labute approximate surface area is 157 Å². The Bertz CT molecular complexity index is 830. The minimum Gasteiger partial charge on any atom is -0.322 e. The first kappa shape index (κ1) is 20.8. The molecule has 0 atom stereocenters. The van der Waals surface area contributed by atoms with Gasteiger partial charge >= 0.3 is 0 Å². The van der Waals surface area contributed by atoms with Crippen molar-refractivity contribution in [2.75, 3.05) is 30.3 Å². The molecular weight excluding hydrogens is 383 g/mol. The fourth-order valence-electron chi connectivity index (χ4n) is 2.25. The topological polar surface area (TPSA) is 87.2 Å². The fourth-order valence-corrected chi connectivity index (χ4v) is 2.86. The molecule has 1 heterocycles. The van der Waals surface area contributed by atoms with Crippen LogP contribution in [0.1, 0.15) is 18.4 Å². The van der Waals surface area contributed by atoms with Gasteiger partial charge in [-0.15, -0.1) is 10.2 Å². The van der Waals surface area contributed by atoms with E-state index >= 15 is 0 Å². The summed E-state index contributed by atoms with van der Waals surface area (Å²) >= 11 is 1.22. The summed E-state index contributed by atoms with van der Waals surface area (Å²) in [6.07, 6.45) is 0.665. The molecule has 0 aliphatic heterocycles. The number of carbonyl (C=O) groups is 2. The summed E-state index contributed by atoms with van der Waals surface area (Å²) < 4.78 is 39.8. The number of aryl methyl sites for hydroxylation is 1. The lowest BCUT2D eigenvalue weighted by molar-refractivity contribution is -0.120. The van der Waals surface area contributed by atoms with Gasteiger partial charge in [-0.1, -0.05) is 18.3 Å². The van der Waals surface area contributed by atoms with E-state index in [-0.39, 0.29) is 19.0 Å². The highest BCUT2D eigenvalue weighted by Crippen LogP contribution is 2.19. The predicted octanol–water partition coefficient (Wildman–Crippen LogP) is 2.55. The molecule has 0 saturated heterocycles. The molecule has 2 amide bonds. The third-order valence-corrected chi connectivity index (χ3v) is 4.11. The minimum absolute atomic E-state index is 0.0971. The third-order valence-electron chi connectivity index (χ3n) is 3.36. The number of hydrogen-bond donors (Lipinski definition) is 2. The van der Waals surface area contributed by atoms with E-state index in [0.29, 0.717) is 23.1 Å². The second kappa shape index (κ2) is 9.42. The van der Waals surface area contributed by atoms with Crippen molar-refractivity contribution in [1.82, 2.24) is 15.1 Å². The molecule has 0 unspecified atom stereocenters. The van der Waals surface area contributed by atoms with E-state index in [1.54, 1.807) is 6.92 Å². The molecule has 2 aromatic rings. The van der Waals surface area contributed by atoms with Crippen LogP contribution in [0.5, 0.6) is 0 Å². The Balaban J connectivity index is 1.95. The van der Waals surface area contributed by atoms with Crippen LogP contribution in [0, 0.1) is 24.4 Å². The van der Waals surface area contributed by atoms with Crippen LogP contribution in [0.4, 0.5) is 24.0 Å². The molecule has 27 heavy (non-hydrogen) atoms. The van der Waals surface area contributed by atoms with Crippen molar-refractivity contribution in [3.8, 4) is 0 Å². The normalized spacial score (nSPS) is 10.9. The van der Waals surface area contributed by atoms with Crippen LogP contribution in [-0.2, 0) is 9.59 Å². The molecule has 0 fully saturated rings. The van der Waals surface area contributed by atoms with Crippen LogP contribution in [0.25, 0.3) is 0 Å². The molecule has 1 aromatic heterocycles. The summed E-state index contributed by atoms with van der Waals surface area (Å²) in [6.45, 7) is 3.72. The van der Waals surface area contributed by atoms with Gasteiger partial charge in [0.1, 0.15) is 5.01 Å². The quantitative estimate of drug-likeness (QED) is 0.664. The standard InChI is InChI=1S/C16H18F3N5O2S/c1-3-6-24(8-13(26)21-16-23-22-9(2)27-16)7-12(25)20-11-5-4-10(17)14(18)15(11)19/h4-5H,3,6-8H2,1-2H3,(H,20,25)(H,21,23,26). The minimum atomic E-state index is -1.66. The number of hydrogen-bond acceptors (Lipinski definition) is 6. The lowest BCUT2D eigenvalue weighted by Crippen LogP contribution is -2.39. The number of halogens is 3. The van der Waals surface area contributed by atoms with Gasteiger partial charge in [-0.2, -0.15) is 0 Å². The third kappa shape index (κ3) is 6.00. The summed E-state index contributed by atoms with van der Waals surface area (Å²) in [5, 5.41) is 13.4. The smallest absolute Gasteiger partial charge is 0.240 e. The van der Waals surface area contributed by atoms with Crippen LogP contribution in [0.2, 0.25) is 0 Å². The molecule has 2 rings (SSSR count). The Morgan fingerprint density at radius 1 is 1.07 bits per heavy atom. The molecule has 0 spiro atoms. The van der Waals surface area contributed by atoms with E-state index in [9.17, 15) is 22.8 Å². The Morgan fingerprint density at radius 2 is 1.74 bits per heavy atom. The molecule has 1 aromatic carbocycles. The van der Waals surface area contributed by atoms with Crippen LogP contribution in [0.3, 0.4) is 0 Å². The van der Waals surface area contributed by atoms with Gasteiger partial charge in [-0.25, -0.2) is 13.2 Å². The van der Waals surface area contributed by atoms with Gasteiger partial charge < -0.3 is 5.32 Å². The van der Waals surface area contributed by atoms with Crippen molar-refractivity contribution in [1.29, 1.82) is 0 Å². The first-order chi connectivity index (χ1) is 12.8. The molecule has 146 valence electrons. The van der Waals surface area contributed by atoms with Gasteiger partial charge in [0.25, 0.3) is 0 Å². The van der Waals surface area contributed by atoms with Crippen molar-refractivity contribution in [3.63, 3.8) is 0 Å². The Hall–Kier alpha value is -2.53. The van der Waals surface area contributed by atoms with Gasteiger partial charge in [0.15, 0.2) is 17.5 Å². The van der Waals surface area contributed by atoms with Gasteiger partial charge in [-0.3, -0.25) is 19.8 Å². The number of nitrogens with zero attached hydrogens (tertiary/aromatic N) is 3. The van der Waals surface area contributed by atoms with Crippen molar-refractivity contribution < 1.29 is 22.8 Å². The summed E-state index contributed by atoms with van der Waals surface area (Å²) in [4.78, 5) is 25.7. The monoisotopic (exact) mass is 401 g/mol. The van der Waals surface area contributed by atoms with Crippen molar-refractivity contribution in [2.24, 2.45) is 0 Å². The number of carbonyl (C=O) groups excluding carboxylic acids is 2. The lowest BCUT2D eigenvalue weighted by Gasteiger charge is -2.20. The Kier molecular flexibility index (Phi) is 7.25. The zero-order chi connectivity index (χ0) is 20.0. The molecule has 0 bridgehead atoms. The van der Waals surface area contributed by atoms with Crippen molar-refractivity contribution >= 4 is 34.0 Å². The average Bonchev–Trinajstić information content (AvgIpc) is 3.00. The van der Waals surface area contributed by atoms with E-state index in [2.05, 4.69) is 20.8 Å². The Morgan fingerprint density at radius 3 is 2.33 bits per heavy atom. The summed E-state index contributed by atoms with van der Waals surface area (Å²) in [5.41, 5.74) is -0.468. The molecule has 0 aliphatic carbocycles. The SMILES string of the molecule is CCCN(CC(=O)Nc1nnc(C)s1)CC(=O)Nc1ccc(F)c(F)c1F. The van der Waals surface area contributed by atoms with Crippen molar-refractivity contribution in [2.45, 2.75) is 20.3 Å². The molecule has 0 radical (unpaired) electrons. The number of benzene rings is 1. The molecule has 7 nitrogen and oxygen atoms in total. The molecule has 0 aliphatic rings. The average molecular weight is 401 g/mol. The van der Waals surface area contributed by atoms with Gasteiger partial charge in [0.05, 0.1) is 18.8 Å². The fraction of sp³-hybridized carbons (Fsp3) is 0.375. The first-order valence-corrected chi connectivity index (χ1v) is 8.87. The van der Waals surface area contributed by atoms with Gasteiger partial charge in [0, 0.05) is 0 Å². The van der Waals surface area contributed by atoms with E-state index in [4.69, 9.17) is 0 Å². The number of rotatable bonds is 8. The summed E-state index contributed by atoms with van der Waals surface area (Å²) in [6, 6.07) is 1.65. The largest absolute Gasteiger partial charge is 0.322 e. The zero-order valence-electron chi connectivity index (χ0n) is 14.7. The van der Waals surface area contributed by atoms with E-state index in [1.807, 2.05) is 6.92 Å². The highest BCUT2D eigenvalue weighted by molar-refractivity contribution is 7.15. The maximum absolute atomic E-state index is 13.6. The van der Waals surface area contributed by atoms with Crippen LogP contribution < -0.4 is 10.6 Å². The van der Waals surface area contributed by atoms with E-state index in [0.717, 1.165) is 12.1 Å². The number of anilines is 2. The second-order valence-corrected chi connectivity index (χ2v) is 6.84. The van der Waals surface area contributed by atoms with Gasteiger partial charge in [0.2, 0.25) is 16.9 Å². The summed E-state index contributed by atoms with van der Waals surface area (Å²) in [7, 11) is 0. The lowest BCUT2D eigenvalue weighted by atomic mass is 10.2. The molecule has 11 heteroatoms. The zero-order valence-corrected chi connectivity index (χ0v) is 15.5. The second-order valence-electron chi connectivity index (χ2n) is 5.66. The summed E-state index contributed by atoms with van der Waals surface area (Å²) in [5.74, 6) is -5.53. The van der Waals surface area contributed by atoms with E-state index in [1.165, 1.54) is 16.2 Å².